The van der Waals surface area contributed by atoms with Gasteiger partial charge in [0.2, 0.25) is 0 Å². The van der Waals surface area contributed by atoms with Crippen molar-refractivity contribution in [1.82, 2.24) is 4.98 Å². The van der Waals surface area contributed by atoms with E-state index in [2.05, 4.69) is 26.2 Å². The summed E-state index contributed by atoms with van der Waals surface area (Å²) >= 11 is 3.51. The van der Waals surface area contributed by atoms with Gasteiger partial charge in [-0.05, 0) is 35.9 Å². The van der Waals surface area contributed by atoms with E-state index >= 15 is 0 Å². The van der Waals surface area contributed by atoms with Gasteiger partial charge in [-0.25, -0.2) is 4.98 Å². The van der Waals surface area contributed by atoms with Gasteiger partial charge in [0.05, 0.1) is 5.69 Å². The molecule has 24 heavy (non-hydrogen) atoms. The lowest BCUT2D eigenvalue weighted by Crippen LogP contribution is -2.06. The number of ether oxygens (including phenoxy) is 1. The van der Waals surface area contributed by atoms with Gasteiger partial charge in [0.1, 0.15) is 18.2 Å². The number of benzene rings is 2. The molecule has 3 rings (SSSR count). The molecule has 0 fully saturated rings. The van der Waals surface area contributed by atoms with E-state index in [9.17, 15) is 0 Å². The van der Waals surface area contributed by atoms with Gasteiger partial charge in [-0.2, -0.15) is 0 Å². The smallest absolute Gasteiger partial charge is 0.149 e. The molecular weight excluding hydrogens is 366 g/mol. The highest BCUT2D eigenvalue weighted by atomic mass is 79.9. The van der Waals surface area contributed by atoms with Crippen LogP contribution in [0.1, 0.15) is 11.1 Å². The van der Waals surface area contributed by atoms with Crippen LogP contribution in [0.5, 0.6) is 5.75 Å². The van der Waals surface area contributed by atoms with Crippen LogP contribution in [-0.2, 0) is 13.2 Å². The molecular formula is C19H18BrN3O. The molecule has 0 bridgehead atoms. The number of nitrogens with one attached hydrogen (secondary N) is 1. The molecule has 0 saturated heterocycles. The molecule has 0 spiro atoms. The summed E-state index contributed by atoms with van der Waals surface area (Å²) in [4.78, 5) is 4.25. The number of pyridine rings is 1. The number of hydrogen-bond acceptors (Lipinski definition) is 4. The lowest BCUT2D eigenvalue weighted by molar-refractivity contribution is 0.303. The summed E-state index contributed by atoms with van der Waals surface area (Å²) in [6, 6.07) is 19.7. The van der Waals surface area contributed by atoms with Gasteiger partial charge < -0.3 is 15.8 Å². The summed E-state index contributed by atoms with van der Waals surface area (Å²) in [7, 11) is 0. The molecule has 1 aromatic heterocycles. The third-order valence-electron chi connectivity index (χ3n) is 3.54. The second kappa shape index (κ2) is 7.84. The van der Waals surface area contributed by atoms with Crippen LogP contribution in [-0.4, -0.2) is 4.98 Å². The maximum absolute atomic E-state index is 5.98. The van der Waals surface area contributed by atoms with E-state index in [0.717, 1.165) is 21.3 Å². The zero-order chi connectivity index (χ0) is 16.8. The number of nitrogens with zero attached hydrogens (tertiary/aromatic N) is 1. The van der Waals surface area contributed by atoms with E-state index < -0.39 is 0 Å². The standard InChI is InChI=1S/C19H18BrN3O/c20-16-8-9-18(24-13-14-5-2-1-3-6-14)15(11-16)12-23-19-17(21)7-4-10-22-19/h1-11H,12-13,21H2,(H,22,23). The fourth-order valence-corrected chi connectivity index (χ4v) is 2.72. The number of nitrogen functional groups attached to an aromatic ring is 1. The largest absolute Gasteiger partial charge is 0.489 e. The third-order valence-corrected chi connectivity index (χ3v) is 4.04. The van der Waals surface area contributed by atoms with Gasteiger partial charge in [0.15, 0.2) is 0 Å². The summed E-state index contributed by atoms with van der Waals surface area (Å²) in [5.74, 6) is 1.51. The minimum absolute atomic E-state index is 0.529. The first kappa shape index (κ1) is 16.3. The maximum Gasteiger partial charge on any atom is 0.149 e. The van der Waals surface area contributed by atoms with Crippen LogP contribution in [0.15, 0.2) is 71.3 Å². The van der Waals surface area contributed by atoms with Crippen LogP contribution in [0.3, 0.4) is 0 Å². The number of halogens is 1. The predicted octanol–water partition coefficient (Wildman–Crippen LogP) is 4.62. The van der Waals surface area contributed by atoms with Crippen molar-refractivity contribution in [2.45, 2.75) is 13.2 Å². The second-order valence-electron chi connectivity index (χ2n) is 5.32. The Morgan fingerprint density at radius 3 is 2.67 bits per heavy atom. The Balaban J connectivity index is 1.72. The normalized spacial score (nSPS) is 10.4. The first-order valence-electron chi connectivity index (χ1n) is 7.62. The molecule has 3 N–H and O–H groups in total. The highest BCUT2D eigenvalue weighted by Crippen LogP contribution is 2.25. The van der Waals surface area contributed by atoms with Crippen LogP contribution in [0.4, 0.5) is 11.5 Å². The van der Waals surface area contributed by atoms with Crippen LogP contribution >= 0.6 is 15.9 Å². The minimum Gasteiger partial charge on any atom is -0.489 e. The van der Waals surface area contributed by atoms with Gasteiger partial charge in [-0.1, -0.05) is 46.3 Å². The zero-order valence-corrected chi connectivity index (χ0v) is 14.7. The van der Waals surface area contributed by atoms with Gasteiger partial charge in [-0.15, -0.1) is 0 Å². The number of rotatable bonds is 6. The van der Waals surface area contributed by atoms with Crippen molar-refractivity contribution >= 4 is 27.4 Å². The molecule has 4 nitrogen and oxygen atoms in total. The fourth-order valence-electron chi connectivity index (χ4n) is 2.31. The summed E-state index contributed by atoms with van der Waals surface area (Å²) in [6.07, 6.45) is 1.71. The monoisotopic (exact) mass is 383 g/mol. The van der Waals surface area contributed by atoms with Crippen molar-refractivity contribution in [1.29, 1.82) is 0 Å². The second-order valence-corrected chi connectivity index (χ2v) is 6.24. The maximum atomic E-state index is 5.98. The molecule has 0 saturated carbocycles. The van der Waals surface area contributed by atoms with Crippen LogP contribution in [0.25, 0.3) is 0 Å². The molecule has 122 valence electrons. The summed E-state index contributed by atoms with van der Waals surface area (Å²) < 4.78 is 6.98. The fraction of sp³-hybridized carbons (Fsp3) is 0.105. The quantitative estimate of drug-likeness (QED) is 0.651. The van der Waals surface area contributed by atoms with Crippen molar-refractivity contribution in [3.63, 3.8) is 0 Å². The minimum atomic E-state index is 0.529. The molecule has 0 aliphatic carbocycles. The van der Waals surface area contributed by atoms with Gasteiger partial charge >= 0.3 is 0 Å². The predicted molar refractivity (Wildman–Crippen MR) is 101 cm³/mol. The molecule has 0 radical (unpaired) electrons. The SMILES string of the molecule is Nc1cccnc1NCc1cc(Br)ccc1OCc1ccccc1. The Morgan fingerprint density at radius 2 is 1.88 bits per heavy atom. The summed E-state index contributed by atoms with van der Waals surface area (Å²) in [5.41, 5.74) is 8.71. The van der Waals surface area contributed by atoms with Crippen molar-refractivity contribution in [3.05, 3.63) is 82.5 Å². The Hall–Kier alpha value is -2.53. The van der Waals surface area contributed by atoms with E-state index in [4.69, 9.17) is 10.5 Å². The van der Waals surface area contributed by atoms with Gasteiger partial charge in [-0.3, -0.25) is 0 Å². The van der Waals surface area contributed by atoms with Crippen molar-refractivity contribution in [2.75, 3.05) is 11.1 Å². The third kappa shape index (κ3) is 4.26. The van der Waals surface area contributed by atoms with Crippen LogP contribution < -0.4 is 15.8 Å². The summed E-state index contributed by atoms with van der Waals surface area (Å²) in [5, 5.41) is 3.26. The Labute approximate surface area is 149 Å². The van der Waals surface area contributed by atoms with Crippen LogP contribution in [0.2, 0.25) is 0 Å². The van der Waals surface area contributed by atoms with E-state index in [1.54, 1.807) is 6.20 Å². The molecule has 0 aliphatic heterocycles. The molecule has 2 aromatic carbocycles. The summed E-state index contributed by atoms with van der Waals surface area (Å²) in [6.45, 7) is 1.10. The number of anilines is 2. The average Bonchev–Trinajstić information content (AvgIpc) is 2.61. The van der Waals surface area contributed by atoms with E-state index in [1.807, 2.05) is 60.7 Å². The van der Waals surface area contributed by atoms with Crippen molar-refractivity contribution < 1.29 is 4.74 Å². The van der Waals surface area contributed by atoms with E-state index in [0.29, 0.717) is 24.7 Å². The lowest BCUT2D eigenvalue weighted by Gasteiger charge is -2.14. The van der Waals surface area contributed by atoms with E-state index in [-0.39, 0.29) is 0 Å². The Bertz CT molecular complexity index is 809. The van der Waals surface area contributed by atoms with E-state index in [1.165, 1.54) is 0 Å². The number of nitrogens with two attached hydrogens (primary N) is 1. The zero-order valence-electron chi connectivity index (χ0n) is 13.1. The Kier molecular flexibility index (Phi) is 5.33. The van der Waals surface area contributed by atoms with Crippen LogP contribution in [0, 0.1) is 0 Å². The molecule has 0 unspecified atom stereocenters. The number of aromatic nitrogens is 1. The molecule has 0 amide bonds. The molecule has 0 atom stereocenters. The Morgan fingerprint density at radius 1 is 1.04 bits per heavy atom. The molecule has 5 heteroatoms. The van der Waals surface area contributed by atoms with Crippen molar-refractivity contribution in [3.8, 4) is 5.75 Å². The van der Waals surface area contributed by atoms with Crippen molar-refractivity contribution in [2.24, 2.45) is 0 Å². The first-order chi connectivity index (χ1) is 11.7. The highest BCUT2D eigenvalue weighted by molar-refractivity contribution is 9.10. The number of hydrogen-bond donors (Lipinski definition) is 2. The lowest BCUT2D eigenvalue weighted by atomic mass is 10.2. The first-order valence-corrected chi connectivity index (χ1v) is 8.41. The molecule has 0 aliphatic rings. The highest BCUT2D eigenvalue weighted by Gasteiger charge is 2.07. The average molecular weight is 384 g/mol. The molecule has 3 aromatic rings. The van der Waals surface area contributed by atoms with Gasteiger partial charge in [0, 0.05) is 22.8 Å². The topological polar surface area (TPSA) is 60.2 Å². The van der Waals surface area contributed by atoms with Gasteiger partial charge in [0.25, 0.3) is 0 Å². The molecule has 1 heterocycles.